The van der Waals surface area contributed by atoms with Crippen molar-refractivity contribution in [2.45, 2.75) is 46.1 Å². The van der Waals surface area contributed by atoms with Crippen LogP contribution in [0.5, 0.6) is 5.75 Å². The highest BCUT2D eigenvalue weighted by atomic mass is 32.1. The second kappa shape index (κ2) is 8.72. The SMILES string of the molecule is CC(C)Oc1ccc(C(=O)NC(=S)Nc2sc3c(c2C#N)CC[C@@H](C)C3)cc1. The first-order valence-corrected chi connectivity index (χ1v) is 10.5. The van der Waals surface area contributed by atoms with Crippen LogP contribution in [0.2, 0.25) is 0 Å². The molecule has 28 heavy (non-hydrogen) atoms. The van der Waals surface area contributed by atoms with E-state index in [0.29, 0.717) is 27.8 Å². The molecule has 1 aliphatic carbocycles. The molecule has 0 bridgehead atoms. The zero-order valence-corrected chi connectivity index (χ0v) is 17.8. The van der Waals surface area contributed by atoms with Crippen LogP contribution in [-0.4, -0.2) is 17.1 Å². The maximum absolute atomic E-state index is 12.4. The predicted octanol–water partition coefficient (Wildman–Crippen LogP) is 4.66. The van der Waals surface area contributed by atoms with Crippen LogP contribution in [0.4, 0.5) is 5.00 Å². The summed E-state index contributed by atoms with van der Waals surface area (Å²) in [7, 11) is 0. The number of amides is 1. The van der Waals surface area contributed by atoms with Gasteiger partial charge in [-0.25, -0.2) is 0 Å². The first kappa shape index (κ1) is 20.3. The van der Waals surface area contributed by atoms with Crippen molar-refractivity contribution in [2.75, 3.05) is 5.32 Å². The van der Waals surface area contributed by atoms with E-state index in [1.165, 1.54) is 4.88 Å². The molecule has 1 amide bonds. The van der Waals surface area contributed by atoms with E-state index in [0.717, 1.165) is 24.8 Å². The number of nitriles is 1. The van der Waals surface area contributed by atoms with E-state index in [2.05, 4.69) is 23.6 Å². The van der Waals surface area contributed by atoms with Gasteiger partial charge in [-0.2, -0.15) is 5.26 Å². The van der Waals surface area contributed by atoms with Crippen molar-refractivity contribution in [3.05, 3.63) is 45.8 Å². The molecule has 1 heterocycles. The second-order valence-corrected chi connectivity index (χ2v) is 8.78. The van der Waals surface area contributed by atoms with Crippen molar-refractivity contribution in [1.82, 2.24) is 5.32 Å². The van der Waals surface area contributed by atoms with E-state index >= 15 is 0 Å². The van der Waals surface area contributed by atoms with Gasteiger partial charge in [-0.3, -0.25) is 10.1 Å². The zero-order chi connectivity index (χ0) is 20.3. The van der Waals surface area contributed by atoms with Gasteiger partial charge in [0.25, 0.3) is 5.91 Å². The van der Waals surface area contributed by atoms with Gasteiger partial charge in [0.2, 0.25) is 0 Å². The number of rotatable bonds is 4. The lowest BCUT2D eigenvalue weighted by Crippen LogP contribution is -2.34. The van der Waals surface area contributed by atoms with Crippen molar-refractivity contribution in [2.24, 2.45) is 5.92 Å². The van der Waals surface area contributed by atoms with Crippen molar-refractivity contribution in [1.29, 1.82) is 5.26 Å². The molecule has 2 N–H and O–H groups in total. The van der Waals surface area contributed by atoms with Gasteiger partial charge in [-0.15, -0.1) is 11.3 Å². The minimum atomic E-state index is -0.304. The maximum Gasteiger partial charge on any atom is 0.257 e. The highest BCUT2D eigenvalue weighted by Crippen LogP contribution is 2.39. The average Bonchev–Trinajstić information content (AvgIpc) is 2.97. The number of thiophene rings is 1. The number of fused-ring (bicyclic) bond motifs is 1. The van der Waals surface area contributed by atoms with E-state index in [1.807, 2.05) is 13.8 Å². The number of thiocarbonyl (C=S) groups is 1. The summed E-state index contributed by atoms with van der Waals surface area (Å²) in [6, 6.07) is 9.20. The molecule has 1 aromatic heterocycles. The Morgan fingerprint density at radius 3 is 2.71 bits per heavy atom. The van der Waals surface area contributed by atoms with Crippen LogP contribution in [0.25, 0.3) is 0 Å². The summed E-state index contributed by atoms with van der Waals surface area (Å²) in [6.45, 7) is 6.12. The summed E-state index contributed by atoms with van der Waals surface area (Å²) in [5, 5.41) is 16.2. The van der Waals surface area contributed by atoms with Gasteiger partial charge in [-0.1, -0.05) is 6.92 Å². The molecular weight excluding hydrogens is 390 g/mol. The minimum absolute atomic E-state index is 0.0744. The molecule has 1 atom stereocenters. The normalized spacial score (nSPS) is 15.5. The van der Waals surface area contributed by atoms with Crippen molar-refractivity contribution < 1.29 is 9.53 Å². The Hall–Kier alpha value is -2.43. The fourth-order valence-electron chi connectivity index (χ4n) is 3.22. The van der Waals surface area contributed by atoms with Gasteiger partial charge in [0, 0.05) is 10.4 Å². The lowest BCUT2D eigenvalue weighted by atomic mass is 9.89. The molecule has 146 valence electrons. The molecule has 3 rings (SSSR count). The topological polar surface area (TPSA) is 74.2 Å². The molecule has 5 nitrogen and oxygen atoms in total. The Labute approximate surface area is 174 Å². The Bertz CT molecular complexity index is 926. The third kappa shape index (κ3) is 4.70. The van der Waals surface area contributed by atoms with Gasteiger partial charge < -0.3 is 10.1 Å². The van der Waals surface area contributed by atoms with Gasteiger partial charge in [0.05, 0.1) is 11.7 Å². The summed E-state index contributed by atoms with van der Waals surface area (Å²) in [5.74, 6) is 1.03. The van der Waals surface area contributed by atoms with E-state index in [4.69, 9.17) is 17.0 Å². The average molecular weight is 414 g/mol. The molecule has 0 spiro atoms. The fraction of sp³-hybridized carbons (Fsp3) is 0.381. The van der Waals surface area contributed by atoms with Crippen LogP contribution < -0.4 is 15.4 Å². The largest absolute Gasteiger partial charge is 0.491 e. The summed E-state index contributed by atoms with van der Waals surface area (Å²) in [5.41, 5.74) is 2.27. The van der Waals surface area contributed by atoms with Gasteiger partial charge in [0.15, 0.2) is 5.11 Å². The summed E-state index contributed by atoms with van der Waals surface area (Å²) in [4.78, 5) is 13.7. The lowest BCUT2D eigenvalue weighted by Gasteiger charge is -2.17. The third-order valence-corrected chi connectivity index (χ3v) is 5.94. The van der Waals surface area contributed by atoms with Crippen LogP contribution in [0, 0.1) is 17.2 Å². The number of nitrogens with one attached hydrogen (secondary N) is 2. The van der Waals surface area contributed by atoms with Gasteiger partial charge >= 0.3 is 0 Å². The predicted molar refractivity (Wildman–Crippen MR) is 116 cm³/mol. The van der Waals surface area contributed by atoms with Gasteiger partial charge in [0.1, 0.15) is 16.8 Å². The monoisotopic (exact) mass is 413 g/mol. The molecule has 0 saturated carbocycles. The third-order valence-electron chi connectivity index (χ3n) is 4.57. The highest BCUT2D eigenvalue weighted by molar-refractivity contribution is 7.80. The Morgan fingerprint density at radius 2 is 2.07 bits per heavy atom. The Morgan fingerprint density at radius 1 is 1.36 bits per heavy atom. The molecule has 0 radical (unpaired) electrons. The molecular formula is C21H23N3O2S2. The fourth-order valence-corrected chi connectivity index (χ4v) is 4.85. The van der Waals surface area contributed by atoms with E-state index < -0.39 is 0 Å². The Kier molecular flexibility index (Phi) is 6.32. The number of nitrogens with zero attached hydrogens (tertiary/aromatic N) is 1. The van der Waals surface area contributed by atoms with E-state index in [1.54, 1.807) is 35.6 Å². The van der Waals surface area contributed by atoms with Crippen molar-refractivity contribution >= 4 is 39.6 Å². The number of hydrogen-bond acceptors (Lipinski definition) is 5. The van der Waals surface area contributed by atoms with Crippen molar-refractivity contribution in [3.8, 4) is 11.8 Å². The van der Waals surface area contributed by atoms with Crippen LogP contribution >= 0.6 is 23.6 Å². The minimum Gasteiger partial charge on any atom is -0.491 e. The summed E-state index contributed by atoms with van der Waals surface area (Å²) >= 11 is 6.86. The molecule has 2 aromatic rings. The molecule has 0 unspecified atom stereocenters. The number of carbonyl (C=O) groups excluding carboxylic acids is 1. The lowest BCUT2D eigenvalue weighted by molar-refractivity contribution is 0.0977. The quantitative estimate of drug-likeness (QED) is 0.713. The highest BCUT2D eigenvalue weighted by Gasteiger charge is 2.24. The zero-order valence-electron chi connectivity index (χ0n) is 16.2. The molecule has 1 aromatic carbocycles. The van der Waals surface area contributed by atoms with Crippen LogP contribution in [0.3, 0.4) is 0 Å². The van der Waals surface area contributed by atoms with E-state index in [-0.39, 0.29) is 17.1 Å². The second-order valence-electron chi connectivity index (χ2n) is 7.27. The smallest absolute Gasteiger partial charge is 0.257 e. The standard InChI is InChI=1S/C21H23N3O2S2/c1-12(2)26-15-7-5-14(6-8-15)19(25)23-21(27)24-20-17(11-22)16-9-4-13(3)10-18(16)28-20/h5-8,12-13H,4,9-10H2,1-3H3,(H2,23,24,25,27)/t13-/m1/s1. The first-order chi connectivity index (χ1) is 13.4. The summed E-state index contributed by atoms with van der Waals surface area (Å²) in [6.07, 6.45) is 3.07. The van der Waals surface area contributed by atoms with Crippen LogP contribution in [-0.2, 0) is 12.8 Å². The molecule has 1 aliphatic rings. The number of hydrogen-bond donors (Lipinski definition) is 2. The van der Waals surface area contributed by atoms with E-state index in [9.17, 15) is 10.1 Å². The number of benzene rings is 1. The van der Waals surface area contributed by atoms with Crippen LogP contribution in [0.1, 0.15) is 53.6 Å². The number of carbonyl (C=O) groups is 1. The molecule has 7 heteroatoms. The molecule has 0 fully saturated rings. The molecule has 0 saturated heterocycles. The van der Waals surface area contributed by atoms with Crippen LogP contribution in [0.15, 0.2) is 24.3 Å². The maximum atomic E-state index is 12.4. The van der Waals surface area contributed by atoms with Gasteiger partial charge in [-0.05, 0) is 81.1 Å². The molecule has 0 aliphatic heterocycles. The number of anilines is 1. The summed E-state index contributed by atoms with van der Waals surface area (Å²) < 4.78 is 5.58. The number of ether oxygens (including phenoxy) is 1. The van der Waals surface area contributed by atoms with Crippen molar-refractivity contribution in [3.63, 3.8) is 0 Å². The first-order valence-electron chi connectivity index (χ1n) is 9.31. The Balaban J connectivity index is 1.66.